The van der Waals surface area contributed by atoms with Crippen LogP contribution in [0.2, 0.25) is 0 Å². The lowest BCUT2D eigenvalue weighted by Crippen LogP contribution is -2.23. The van der Waals surface area contributed by atoms with Gasteiger partial charge in [0.15, 0.2) is 5.82 Å². The van der Waals surface area contributed by atoms with Crippen molar-refractivity contribution in [3.05, 3.63) is 54.0 Å². The molecule has 3 aromatic rings. The first-order valence-corrected chi connectivity index (χ1v) is 8.15. The van der Waals surface area contributed by atoms with Crippen LogP contribution in [0.1, 0.15) is 18.2 Å². The lowest BCUT2D eigenvalue weighted by Gasteiger charge is -2.16. The van der Waals surface area contributed by atoms with Gasteiger partial charge in [0, 0.05) is 18.0 Å². The van der Waals surface area contributed by atoms with Gasteiger partial charge in [0.1, 0.15) is 29.6 Å². The first-order valence-electron chi connectivity index (χ1n) is 8.15. The minimum absolute atomic E-state index is 0.127. The number of anilines is 3. The number of ether oxygens (including phenoxy) is 1. The molecule has 0 fully saturated rings. The highest BCUT2D eigenvalue weighted by Crippen LogP contribution is 2.19. The molecule has 0 saturated heterocycles. The molecule has 8 nitrogen and oxygen atoms in total. The average molecular weight is 349 g/mol. The Morgan fingerprint density at radius 2 is 2.19 bits per heavy atom. The number of hydrogen-bond acceptors (Lipinski definition) is 7. The Morgan fingerprint density at radius 1 is 1.31 bits per heavy atom. The molecule has 0 aliphatic carbocycles. The van der Waals surface area contributed by atoms with Crippen molar-refractivity contribution in [2.24, 2.45) is 0 Å². The molecule has 26 heavy (non-hydrogen) atoms. The van der Waals surface area contributed by atoms with Gasteiger partial charge in [0.05, 0.1) is 18.3 Å². The summed E-state index contributed by atoms with van der Waals surface area (Å²) in [5, 5.41) is 22.5. The zero-order valence-electron chi connectivity index (χ0n) is 14.5. The second kappa shape index (κ2) is 7.98. The summed E-state index contributed by atoms with van der Waals surface area (Å²) in [5.74, 6) is 2.45. The van der Waals surface area contributed by atoms with Crippen molar-refractivity contribution in [3.8, 4) is 11.8 Å². The predicted molar refractivity (Wildman–Crippen MR) is 98.4 cm³/mol. The average Bonchev–Trinajstić information content (AvgIpc) is 3.06. The van der Waals surface area contributed by atoms with E-state index in [0.29, 0.717) is 35.3 Å². The van der Waals surface area contributed by atoms with Crippen LogP contribution in [0.25, 0.3) is 0 Å². The topological polar surface area (TPSA) is 112 Å². The van der Waals surface area contributed by atoms with Crippen LogP contribution in [0.4, 0.5) is 17.5 Å². The van der Waals surface area contributed by atoms with Crippen molar-refractivity contribution in [3.63, 3.8) is 0 Å². The third kappa shape index (κ3) is 4.48. The molecule has 0 aromatic carbocycles. The fourth-order valence-electron chi connectivity index (χ4n) is 2.30. The molecule has 3 aromatic heterocycles. The predicted octanol–water partition coefficient (Wildman–Crippen LogP) is 3.00. The number of H-pyrrole nitrogens is 1. The van der Waals surface area contributed by atoms with Crippen molar-refractivity contribution < 1.29 is 4.74 Å². The lowest BCUT2D eigenvalue weighted by molar-refractivity contribution is 0.234. The summed E-state index contributed by atoms with van der Waals surface area (Å²) in [4.78, 5) is 8.48. The number of nitrogens with one attached hydrogen (secondary N) is 3. The quantitative estimate of drug-likeness (QED) is 0.601. The number of aromatic nitrogens is 4. The highest BCUT2D eigenvalue weighted by Gasteiger charge is 2.10. The maximum absolute atomic E-state index is 9.30. The molecule has 3 rings (SSSR count). The Morgan fingerprint density at radius 3 is 2.88 bits per heavy atom. The highest BCUT2D eigenvalue weighted by molar-refractivity contribution is 5.60. The molecule has 0 spiro atoms. The zero-order valence-corrected chi connectivity index (χ0v) is 14.5. The summed E-state index contributed by atoms with van der Waals surface area (Å²) in [5.41, 5.74) is 1.41. The molecule has 132 valence electrons. The van der Waals surface area contributed by atoms with Gasteiger partial charge >= 0.3 is 0 Å². The summed E-state index contributed by atoms with van der Waals surface area (Å²) in [6.45, 7) is 4.34. The first-order chi connectivity index (χ1) is 12.6. The number of nitrogens with zero attached hydrogens (tertiary/aromatic N) is 4. The molecule has 0 bridgehead atoms. The molecule has 0 radical (unpaired) electrons. The summed E-state index contributed by atoms with van der Waals surface area (Å²) in [6, 6.07) is 11.1. The van der Waals surface area contributed by atoms with Crippen molar-refractivity contribution in [1.29, 1.82) is 5.26 Å². The minimum atomic E-state index is -0.127. The van der Waals surface area contributed by atoms with Gasteiger partial charge in [0.2, 0.25) is 0 Å². The molecule has 0 saturated carbocycles. The summed E-state index contributed by atoms with van der Waals surface area (Å²) in [7, 11) is 0. The molecule has 1 unspecified atom stereocenters. The van der Waals surface area contributed by atoms with Crippen LogP contribution in [-0.4, -0.2) is 32.8 Å². The van der Waals surface area contributed by atoms with E-state index in [-0.39, 0.29) is 6.10 Å². The lowest BCUT2D eigenvalue weighted by atomic mass is 10.2. The monoisotopic (exact) mass is 349 g/mol. The van der Waals surface area contributed by atoms with E-state index in [1.54, 1.807) is 24.5 Å². The summed E-state index contributed by atoms with van der Waals surface area (Å²) >= 11 is 0. The number of aromatic amines is 1. The summed E-state index contributed by atoms with van der Waals surface area (Å²) < 4.78 is 5.77. The molecule has 0 aliphatic rings. The number of aryl methyl sites for hydroxylation is 1. The SMILES string of the molecule is Cc1cc(Nc2ccc(C#N)c(NCC(C)Oc3cccnc3)n2)n[nH]1. The van der Waals surface area contributed by atoms with E-state index in [4.69, 9.17) is 4.74 Å². The smallest absolute Gasteiger partial charge is 0.153 e. The number of pyridine rings is 2. The minimum Gasteiger partial charge on any atom is -0.487 e. The van der Waals surface area contributed by atoms with Crippen molar-refractivity contribution in [1.82, 2.24) is 20.2 Å². The van der Waals surface area contributed by atoms with Gasteiger partial charge in [0.25, 0.3) is 0 Å². The fraction of sp³-hybridized carbons (Fsp3) is 0.222. The maximum Gasteiger partial charge on any atom is 0.153 e. The number of hydrogen-bond donors (Lipinski definition) is 3. The van der Waals surface area contributed by atoms with Crippen molar-refractivity contribution in [2.45, 2.75) is 20.0 Å². The third-order valence-corrected chi connectivity index (χ3v) is 3.51. The van der Waals surface area contributed by atoms with Crippen molar-refractivity contribution >= 4 is 17.5 Å². The maximum atomic E-state index is 9.30. The van der Waals surface area contributed by atoms with Gasteiger partial charge < -0.3 is 15.4 Å². The van der Waals surface area contributed by atoms with Crippen molar-refractivity contribution in [2.75, 3.05) is 17.2 Å². The zero-order chi connectivity index (χ0) is 18.4. The first kappa shape index (κ1) is 17.2. The van der Waals surface area contributed by atoms with E-state index in [1.807, 2.05) is 32.0 Å². The van der Waals surface area contributed by atoms with Gasteiger partial charge in [-0.1, -0.05) is 0 Å². The molecule has 0 aliphatic heterocycles. The van der Waals surface area contributed by atoms with Crippen LogP contribution in [0, 0.1) is 18.3 Å². The second-order valence-electron chi connectivity index (χ2n) is 5.76. The van der Waals surface area contributed by atoms with Crippen LogP contribution in [0.15, 0.2) is 42.7 Å². The normalized spacial score (nSPS) is 11.4. The van der Waals surface area contributed by atoms with E-state index >= 15 is 0 Å². The second-order valence-corrected chi connectivity index (χ2v) is 5.76. The van der Waals surface area contributed by atoms with Crippen LogP contribution in [0.3, 0.4) is 0 Å². The molecule has 0 amide bonds. The molecule has 3 N–H and O–H groups in total. The van der Waals surface area contributed by atoms with Gasteiger partial charge in [-0.05, 0) is 38.1 Å². The van der Waals surface area contributed by atoms with E-state index in [2.05, 4.69) is 36.9 Å². The number of nitriles is 1. The van der Waals surface area contributed by atoms with Gasteiger partial charge in [-0.15, -0.1) is 0 Å². The third-order valence-electron chi connectivity index (χ3n) is 3.51. The van der Waals surface area contributed by atoms with Gasteiger partial charge in [-0.2, -0.15) is 10.4 Å². The van der Waals surface area contributed by atoms with E-state index in [9.17, 15) is 5.26 Å². The Labute approximate surface area is 151 Å². The van der Waals surface area contributed by atoms with Crippen LogP contribution < -0.4 is 15.4 Å². The molecular formula is C18H19N7O. The van der Waals surface area contributed by atoms with Crippen LogP contribution in [-0.2, 0) is 0 Å². The number of rotatable bonds is 7. The molecule has 3 heterocycles. The molecular weight excluding hydrogens is 330 g/mol. The fourth-order valence-corrected chi connectivity index (χ4v) is 2.30. The largest absolute Gasteiger partial charge is 0.487 e. The Kier molecular flexibility index (Phi) is 5.29. The van der Waals surface area contributed by atoms with E-state index in [0.717, 1.165) is 5.69 Å². The Balaban J connectivity index is 1.65. The Hall–Kier alpha value is -3.60. The molecule has 1 atom stereocenters. The Bertz CT molecular complexity index is 901. The van der Waals surface area contributed by atoms with E-state index < -0.39 is 0 Å². The summed E-state index contributed by atoms with van der Waals surface area (Å²) in [6.07, 6.45) is 3.22. The molecule has 8 heteroatoms. The van der Waals surface area contributed by atoms with Gasteiger partial charge in [-0.25, -0.2) is 4.98 Å². The van der Waals surface area contributed by atoms with Gasteiger partial charge in [-0.3, -0.25) is 10.1 Å². The standard InChI is InChI=1S/C18H19N7O/c1-12-8-17(25-24-12)22-16-6-5-14(9-19)18(23-16)21-10-13(2)26-15-4-3-7-20-11-15/h3-8,11,13H,10H2,1-2H3,(H3,21,22,23,24,25). The van der Waals surface area contributed by atoms with Crippen LogP contribution >= 0.6 is 0 Å². The van der Waals surface area contributed by atoms with E-state index in [1.165, 1.54) is 0 Å². The van der Waals surface area contributed by atoms with Crippen LogP contribution in [0.5, 0.6) is 5.75 Å². The highest BCUT2D eigenvalue weighted by atomic mass is 16.5.